The van der Waals surface area contributed by atoms with E-state index in [4.69, 9.17) is 27.5 Å². The largest absolute Gasteiger partial charge is 0.424 e. The van der Waals surface area contributed by atoms with Gasteiger partial charge in [-0.25, -0.2) is 19.0 Å². The molecule has 0 bridgehead atoms. The number of fused-ring (bicyclic) bond motifs is 2. The van der Waals surface area contributed by atoms with Crippen LogP contribution in [0.3, 0.4) is 0 Å². The second-order valence-electron chi connectivity index (χ2n) is 6.45. The lowest BCUT2D eigenvalue weighted by molar-refractivity contribution is 0.621. The zero-order valence-corrected chi connectivity index (χ0v) is 15.6. The average Bonchev–Trinajstić information content (AvgIpc) is 3.25. The predicted molar refractivity (Wildman–Crippen MR) is 108 cm³/mol. The van der Waals surface area contributed by atoms with Crippen molar-refractivity contribution in [3.8, 4) is 11.3 Å². The number of nitrogens with zero attached hydrogens (tertiary/aromatic N) is 5. The third-order valence-electron chi connectivity index (χ3n) is 4.55. The molecule has 5 aromatic rings. The first-order valence-electron chi connectivity index (χ1n) is 8.57. The minimum Gasteiger partial charge on any atom is -0.424 e. The Kier molecular flexibility index (Phi) is 3.85. The summed E-state index contributed by atoms with van der Waals surface area (Å²) in [7, 11) is 0. The molecule has 0 saturated heterocycles. The van der Waals surface area contributed by atoms with Crippen LogP contribution in [-0.4, -0.2) is 24.7 Å². The number of nitrogens with two attached hydrogens (primary N) is 2. The van der Waals surface area contributed by atoms with Crippen molar-refractivity contribution in [2.75, 3.05) is 11.5 Å². The summed E-state index contributed by atoms with van der Waals surface area (Å²) in [5.74, 6) is -0.206. The Balaban J connectivity index is 1.68. The fourth-order valence-electron chi connectivity index (χ4n) is 3.25. The van der Waals surface area contributed by atoms with Crippen molar-refractivity contribution in [1.82, 2.24) is 24.7 Å². The molecule has 0 saturated carbocycles. The van der Waals surface area contributed by atoms with Crippen molar-refractivity contribution < 1.29 is 8.81 Å². The smallest absolute Gasteiger partial charge is 0.292 e. The molecular weight excluding hydrogens is 397 g/mol. The number of halogens is 2. The van der Waals surface area contributed by atoms with E-state index in [1.165, 1.54) is 18.5 Å². The molecular formula is C19H13ClFN7O. The van der Waals surface area contributed by atoms with Gasteiger partial charge in [-0.05, 0) is 35.9 Å². The van der Waals surface area contributed by atoms with Crippen molar-refractivity contribution in [2.24, 2.45) is 0 Å². The lowest BCUT2D eigenvalue weighted by Gasteiger charge is -2.04. The molecule has 29 heavy (non-hydrogen) atoms. The number of rotatable bonds is 3. The maximum absolute atomic E-state index is 13.8. The molecule has 0 unspecified atom stereocenters. The molecule has 4 N–H and O–H groups in total. The molecule has 0 radical (unpaired) electrons. The molecule has 5 rings (SSSR count). The zero-order chi connectivity index (χ0) is 20.1. The van der Waals surface area contributed by atoms with E-state index in [0.717, 1.165) is 5.56 Å². The monoisotopic (exact) mass is 409 g/mol. The van der Waals surface area contributed by atoms with E-state index < -0.39 is 5.82 Å². The summed E-state index contributed by atoms with van der Waals surface area (Å²) < 4.78 is 20.8. The van der Waals surface area contributed by atoms with Gasteiger partial charge in [0.2, 0.25) is 0 Å². The highest BCUT2D eigenvalue weighted by molar-refractivity contribution is 6.30. The first kappa shape index (κ1) is 17.4. The van der Waals surface area contributed by atoms with Crippen molar-refractivity contribution >= 4 is 45.6 Å². The number of nitrogen functional groups attached to an aromatic ring is 2. The van der Waals surface area contributed by atoms with Gasteiger partial charge in [0.25, 0.3) is 6.01 Å². The Bertz CT molecular complexity index is 1390. The van der Waals surface area contributed by atoms with Crippen molar-refractivity contribution in [2.45, 2.75) is 6.54 Å². The standard InChI is InChI=1S/C19H13ClFN7O/c20-11-3-1-9(5-12(11)21)7-28-18-15(17(22)24-8-25-18)16(27-28)10-2-4-14-13(6-10)26-19(23)29-14/h1-6,8H,7H2,(H2,23,26)(H2,22,24,25). The van der Waals surface area contributed by atoms with E-state index in [9.17, 15) is 4.39 Å². The minimum atomic E-state index is -0.496. The molecule has 2 aromatic carbocycles. The third-order valence-corrected chi connectivity index (χ3v) is 4.86. The summed E-state index contributed by atoms with van der Waals surface area (Å²) in [5.41, 5.74) is 15.5. The summed E-state index contributed by atoms with van der Waals surface area (Å²) >= 11 is 5.78. The van der Waals surface area contributed by atoms with Crippen LogP contribution >= 0.6 is 11.6 Å². The Morgan fingerprint density at radius 1 is 1.10 bits per heavy atom. The van der Waals surface area contributed by atoms with Gasteiger partial charge in [-0.15, -0.1) is 0 Å². The summed E-state index contributed by atoms with van der Waals surface area (Å²) in [5, 5.41) is 5.33. The van der Waals surface area contributed by atoms with Gasteiger partial charge in [0, 0.05) is 5.56 Å². The van der Waals surface area contributed by atoms with Gasteiger partial charge in [0.1, 0.15) is 29.2 Å². The van der Waals surface area contributed by atoms with E-state index in [1.807, 2.05) is 6.07 Å². The maximum Gasteiger partial charge on any atom is 0.292 e. The normalized spacial score (nSPS) is 11.5. The molecule has 10 heteroatoms. The molecule has 144 valence electrons. The van der Waals surface area contributed by atoms with Crippen LogP contribution in [0.25, 0.3) is 33.4 Å². The second-order valence-corrected chi connectivity index (χ2v) is 6.85. The summed E-state index contributed by atoms with van der Waals surface area (Å²) in [6.07, 6.45) is 1.36. The fraction of sp³-hybridized carbons (Fsp3) is 0.0526. The summed E-state index contributed by atoms with van der Waals surface area (Å²) in [6, 6.07) is 10.1. The van der Waals surface area contributed by atoms with E-state index in [2.05, 4.69) is 20.1 Å². The second kappa shape index (κ2) is 6.42. The Labute approximate surface area is 167 Å². The molecule has 0 spiro atoms. The van der Waals surface area contributed by atoms with Crippen molar-refractivity contribution in [3.63, 3.8) is 0 Å². The molecule has 8 nitrogen and oxygen atoms in total. The minimum absolute atomic E-state index is 0.0616. The number of hydrogen-bond donors (Lipinski definition) is 2. The Morgan fingerprint density at radius 3 is 2.79 bits per heavy atom. The van der Waals surface area contributed by atoms with Gasteiger partial charge >= 0.3 is 0 Å². The van der Waals surface area contributed by atoms with Crippen molar-refractivity contribution in [3.05, 3.63) is 59.1 Å². The number of anilines is 2. The van der Waals surface area contributed by atoms with Gasteiger partial charge in [-0.3, -0.25) is 0 Å². The van der Waals surface area contributed by atoms with Gasteiger partial charge < -0.3 is 15.9 Å². The predicted octanol–water partition coefficient (Wildman–Crippen LogP) is 3.64. The highest BCUT2D eigenvalue weighted by Crippen LogP contribution is 2.32. The van der Waals surface area contributed by atoms with Gasteiger partial charge in [-0.2, -0.15) is 10.1 Å². The Hall–Kier alpha value is -3.72. The lowest BCUT2D eigenvalue weighted by Crippen LogP contribution is -2.03. The van der Waals surface area contributed by atoms with Crippen LogP contribution in [0.5, 0.6) is 0 Å². The van der Waals surface area contributed by atoms with Crippen LogP contribution in [0.2, 0.25) is 5.02 Å². The van der Waals surface area contributed by atoms with E-state index in [1.54, 1.807) is 22.9 Å². The number of hydrogen-bond acceptors (Lipinski definition) is 7. The molecule has 0 amide bonds. The molecule has 0 aliphatic heterocycles. The van der Waals surface area contributed by atoms with Gasteiger partial charge in [0.05, 0.1) is 17.0 Å². The third kappa shape index (κ3) is 2.92. The molecule has 3 heterocycles. The van der Waals surface area contributed by atoms with Crippen LogP contribution in [-0.2, 0) is 6.54 Å². The van der Waals surface area contributed by atoms with Crippen LogP contribution < -0.4 is 11.5 Å². The van der Waals surface area contributed by atoms with Crippen LogP contribution in [0.4, 0.5) is 16.2 Å². The average molecular weight is 410 g/mol. The van der Waals surface area contributed by atoms with E-state index >= 15 is 0 Å². The molecule has 0 aliphatic carbocycles. The number of aromatic nitrogens is 5. The highest BCUT2D eigenvalue weighted by atomic mass is 35.5. The van der Waals surface area contributed by atoms with E-state index in [-0.39, 0.29) is 17.6 Å². The zero-order valence-electron chi connectivity index (χ0n) is 14.8. The fourth-order valence-corrected chi connectivity index (χ4v) is 3.36. The molecule has 0 aliphatic rings. The number of oxazole rings is 1. The van der Waals surface area contributed by atoms with Gasteiger partial charge in [0.15, 0.2) is 11.2 Å². The van der Waals surface area contributed by atoms with Crippen LogP contribution in [0.1, 0.15) is 5.56 Å². The first-order valence-corrected chi connectivity index (χ1v) is 8.95. The molecule has 0 atom stereocenters. The lowest BCUT2D eigenvalue weighted by atomic mass is 10.1. The summed E-state index contributed by atoms with van der Waals surface area (Å²) in [6.45, 7) is 0.278. The van der Waals surface area contributed by atoms with Crippen LogP contribution in [0, 0.1) is 5.82 Å². The summed E-state index contributed by atoms with van der Waals surface area (Å²) in [4.78, 5) is 12.6. The SMILES string of the molecule is Nc1nc2cc(-c3nn(Cc4ccc(Cl)c(F)c4)c4ncnc(N)c34)ccc2o1. The van der Waals surface area contributed by atoms with Crippen molar-refractivity contribution in [1.29, 1.82) is 0 Å². The van der Waals surface area contributed by atoms with Gasteiger partial charge in [-0.1, -0.05) is 17.7 Å². The quantitative estimate of drug-likeness (QED) is 0.466. The molecule has 0 fully saturated rings. The topological polar surface area (TPSA) is 122 Å². The molecule has 3 aromatic heterocycles. The highest BCUT2D eigenvalue weighted by Gasteiger charge is 2.18. The van der Waals surface area contributed by atoms with E-state index in [0.29, 0.717) is 39.2 Å². The van der Waals surface area contributed by atoms with Crippen LogP contribution in [0.15, 0.2) is 47.1 Å². The maximum atomic E-state index is 13.8. The Morgan fingerprint density at radius 2 is 1.97 bits per heavy atom. The first-order chi connectivity index (χ1) is 14.0. The number of benzene rings is 2.